The van der Waals surface area contributed by atoms with Crippen LogP contribution in [0.4, 0.5) is 0 Å². The van der Waals surface area contributed by atoms with Crippen LogP contribution in [-0.2, 0) is 14.8 Å². The van der Waals surface area contributed by atoms with E-state index in [1.165, 1.54) is 19.1 Å². The van der Waals surface area contributed by atoms with Crippen LogP contribution in [0.1, 0.15) is 44.2 Å². The van der Waals surface area contributed by atoms with E-state index in [0.717, 1.165) is 12.0 Å². The molecular formula is C20H23N3O4S. The van der Waals surface area contributed by atoms with Gasteiger partial charge < -0.3 is 4.74 Å². The van der Waals surface area contributed by atoms with E-state index in [0.29, 0.717) is 17.2 Å². The lowest BCUT2D eigenvalue weighted by Gasteiger charge is -2.15. The summed E-state index contributed by atoms with van der Waals surface area (Å²) in [6.07, 6.45) is 0.0146. The van der Waals surface area contributed by atoms with Crippen LogP contribution in [0.25, 0.3) is 0 Å². The van der Waals surface area contributed by atoms with E-state index >= 15 is 0 Å². The fourth-order valence-corrected chi connectivity index (χ4v) is 3.20. The Morgan fingerprint density at radius 1 is 1.11 bits per heavy atom. The third-order valence-electron chi connectivity index (χ3n) is 4.35. The number of carbonyl (C=O) groups is 1. The summed E-state index contributed by atoms with van der Waals surface area (Å²) in [5.74, 6) is 0.0824. The van der Waals surface area contributed by atoms with Gasteiger partial charge in [0.05, 0.1) is 16.5 Å². The number of rotatable bonds is 8. The molecule has 148 valence electrons. The fraction of sp³-hybridized carbons (Fsp3) is 0.300. The minimum absolute atomic E-state index is 0.0560. The number of hydrazine groups is 1. The maximum Gasteiger partial charge on any atom is 0.275 e. The van der Waals surface area contributed by atoms with Crippen molar-refractivity contribution in [2.24, 2.45) is 0 Å². The lowest BCUT2D eigenvalue weighted by atomic mass is 9.99. The third-order valence-corrected chi connectivity index (χ3v) is 5.61. The highest BCUT2D eigenvalue weighted by Crippen LogP contribution is 2.20. The maximum absolute atomic E-state index is 12.3. The first-order chi connectivity index (χ1) is 13.3. The second-order valence-corrected chi connectivity index (χ2v) is 8.05. The van der Waals surface area contributed by atoms with Crippen molar-refractivity contribution < 1.29 is 17.9 Å². The Morgan fingerprint density at radius 2 is 1.71 bits per heavy atom. The summed E-state index contributed by atoms with van der Waals surface area (Å²) in [5, 5.41) is 8.77. The van der Waals surface area contributed by atoms with Gasteiger partial charge in [-0.05, 0) is 61.2 Å². The van der Waals surface area contributed by atoms with Gasteiger partial charge in [0.1, 0.15) is 5.75 Å². The number of sulfonamides is 1. The summed E-state index contributed by atoms with van der Waals surface area (Å²) >= 11 is 0. The number of nitrogens with one attached hydrogen (secondary N) is 2. The Balaban J connectivity index is 1.95. The van der Waals surface area contributed by atoms with Gasteiger partial charge in [-0.1, -0.05) is 26.0 Å². The summed E-state index contributed by atoms with van der Waals surface area (Å²) < 4.78 is 30.1. The number of hydrogen-bond acceptors (Lipinski definition) is 5. The minimum Gasteiger partial charge on any atom is -0.481 e. The molecule has 2 rings (SSSR count). The summed E-state index contributed by atoms with van der Waals surface area (Å²) in [4.78, 5) is 14.2. The van der Waals surface area contributed by atoms with Crippen molar-refractivity contribution in [1.29, 1.82) is 5.26 Å². The van der Waals surface area contributed by atoms with E-state index < -0.39 is 22.0 Å². The number of benzene rings is 2. The number of ether oxygens (including phenoxy) is 1. The largest absolute Gasteiger partial charge is 0.481 e. The molecule has 2 N–H and O–H groups in total. The second-order valence-electron chi connectivity index (χ2n) is 6.37. The average molecular weight is 401 g/mol. The van der Waals surface area contributed by atoms with Crippen LogP contribution < -0.4 is 15.0 Å². The summed E-state index contributed by atoms with van der Waals surface area (Å²) in [7, 11) is -3.89. The van der Waals surface area contributed by atoms with Gasteiger partial charge in [-0.25, -0.2) is 8.42 Å². The summed E-state index contributed by atoms with van der Waals surface area (Å²) in [5.41, 5.74) is 3.68. The SMILES string of the molecule is CC[C@@H](C)c1ccc(S(=O)(=O)NNC(=O)[C@H](C)Oc2ccc(C#N)cc2)cc1. The zero-order valence-corrected chi connectivity index (χ0v) is 16.8. The topological polar surface area (TPSA) is 108 Å². The molecule has 0 unspecified atom stereocenters. The van der Waals surface area contributed by atoms with Crippen LogP contribution >= 0.6 is 0 Å². The highest BCUT2D eigenvalue weighted by Gasteiger charge is 2.19. The minimum atomic E-state index is -3.89. The molecule has 0 saturated carbocycles. The molecule has 0 spiro atoms. The highest BCUT2D eigenvalue weighted by molar-refractivity contribution is 7.89. The van der Waals surface area contributed by atoms with Crippen molar-refractivity contribution in [2.45, 2.75) is 44.1 Å². The molecule has 2 aromatic rings. The quantitative estimate of drug-likeness (QED) is 0.661. The molecule has 2 atom stereocenters. The van der Waals surface area contributed by atoms with E-state index in [1.54, 1.807) is 36.4 Å². The predicted octanol–water partition coefficient (Wildman–Crippen LogP) is 2.85. The van der Waals surface area contributed by atoms with E-state index in [2.05, 4.69) is 24.1 Å². The molecule has 0 aromatic heterocycles. The molecule has 7 nitrogen and oxygen atoms in total. The van der Waals surface area contributed by atoms with Gasteiger partial charge in [0.15, 0.2) is 6.10 Å². The van der Waals surface area contributed by atoms with Crippen molar-refractivity contribution in [3.63, 3.8) is 0 Å². The molecule has 0 saturated heterocycles. The van der Waals surface area contributed by atoms with Gasteiger partial charge in [-0.3, -0.25) is 10.2 Å². The first kappa shape index (κ1) is 21.4. The average Bonchev–Trinajstić information content (AvgIpc) is 2.72. The monoisotopic (exact) mass is 401 g/mol. The Labute approximate surface area is 165 Å². The fourth-order valence-electron chi connectivity index (χ4n) is 2.35. The second kappa shape index (κ2) is 9.35. The molecule has 1 amide bonds. The van der Waals surface area contributed by atoms with Crippen LogP contribution in [0, 0.1) is 11.3 Å². The molecule has 0 aliphatic heterocycles. The normalized spacial score (nSPS) is 13.2. The third kappa shape index (κ3) is 5.55. The van der Waals surface area contributed by atoms with Crippen molar-refractivity contribution in [2.75, 3.05) is 0 Å². The molecule has 0 bridgehead atoms. The van der Waals surface area contributed by atoms with Gasteiger partial charge in [0.2, 0.25) is 0 Å². The lowest BCUT2D eigenvalue weighted by Crippen LogP contribution is -2.47. The van der Waals surface area contributed by atoms with Crippen molar-refractivity contribution in [3.8, 4) is 11.8 Å². The molecule has 0 aliphatic rings. The zero-order valence-electron chi connectivity index (χ0n) is 16.0. The van der Waals surface area contributed by atoms with Gasteiger partial charge in [-0.2, -0.15) is 5.26 Å². The molecule has 0 aliphatic carbocycles. The zero-order chi connectivity index (χ0) is 20.7. The van der Waals surface area contributed by atoms with Crippen LogP contribution in [0.15, 0.2) is 53.4 Å². The number of nitrogens with zero attached hydrogens (tertiary/aromatic N) is 1. The number of carbonyl (C=O) groups excluding carboxylic acids is 1. The Morgan fingerprint density at radius 3 is 2.25 bits per heavy atom. The van der Waals surface area contributed by atoms with Gasteiger partial charge >= 0.3 is 0 Å². The van der Waals surface area contributed by atoms with Gasteiger partial charge in [0, 0.05) is 0 Å². The Bertz CT molecular complexity index is 948. The lowest BCUT2D eigenvalue weighted by molar-refractivity contribution is -0.127. The molecule has 28 heavy (non-hydrogen) atoms. The van der Waals surface area contributed by atoms with Crippen LogP contribution in [0.2, 0.25) is 0 Å². The van der Waals surface area contributed by atoms with Crippen molar-refractivity contribution in [3.05, 3.63) is 59.7 Å². The Kier molecular flexibility index (Phi) is 7.15. The van der Waals surface area contributed by atoms with Crippen molar-refractivity contribution >= 4 is 15.9 Å². The van der Waals surface area contributed by atoms with Crippen LogP contribution in [0.3, 0.4) is 0 Å². The standard InChI is InChI=1S/C20H23N3O4S/c1-4-14(2)17-7-11-19(12-8-17)28(25,26)23-22-20(24)15(3)27-18-9-5-16(13-21)6-10-18/h5-12,14-15,23H,4H2,1-3H3,(H,22,24)/t14-,15+/m1/s1. The summed E-state index contributed by atoms with van der Waals surface area (Å²) in [6, 6.07) is 14.8. The predicted molar refractivity (Wildman–Crippen MR) is 105 cm³/mol. The molecule has 8 heteroatoms. The van der Waals surface area contributed by atoms with E-state index in [-0.39, 0.29) is 4.90 Å². The molecule has 0 heterocycles. The smallest absolute Gasteiger partial charge is 0.275 e. The Hall–Kier alpha value is -2.89. The van der Waals surface area contributed by atoms with E-state index in [1.807, 2.05) is 6.07 Å². The molecule has 0 radical (unpaired) electrons. The maximum atomic E-state index is 12.3. The first-order valence-electron chi connectivity index (χ1n) is 8.85. The number of hydrogen-bond donors (Lipinski definition) is 2. The van der Waals surface area contributed by atoms with E-state index in [9.17, 15) is 13.2 Å². The molecular weight excluding hydrogens is 378 g/mol. The van der Waals surface area contributed by atoms with Gasteiger partial charge in [0.25, 0.3) is 15.9 Å². The van der Waals surface area contributed by atoms with E-state index in [4.69, 9.17) is 10.00 Å². The number of amides is 1. The van der Waals surface area contributed by atoms with Crippen LogP contribution in [0.5, 0.6) is 5.75 Å². The van der Waals surface area contributed by atoms with Crippen molar-refractivity contribution in [1.82, 2.24) is 10.3 Å². The summed E-state index contributed by atoms with van der Waals surface area (Å²) in [6.45, 7) is 5.62. The van der Waals surface area contributed by atoms with Crippen LogP contribution in [-0.4, -0.2) is 20.4 Å². The molecule has 2 aromatic carbocycles. The first-order valence-corrected chi connectivity index (χ1v) is 10.3. The molecule has 0 fully saturated rings. The highest BCUT2D eigenvalue weighted by atomic mass is 32.2. The van der Waals surface area contributed by atoms with Gasteiger partial charge in [-0.15, -0.1) is 4.83 Å². The number of nitriles is 1.